The molecule has 0 N–H and O–H groups in total. The summed E-state index contributed by atoms with van der Waals surface area (Å²) in [6, 6.07) is 0. The summed E-state index contributed by atoms with van der Waals surface area (Å²) in [5.41, 5.74) is 0. The minimum absolute atomic E-state index is 0.164. The highest BCUT2D eigenvalue weighted by molar-refractivity contribution is 5.81. The van der Waals surface area contributed by atoms with Crippen molar-refractivity contribution >= 4 is 5.97 Å². The zero-order chi connectivity index (χ0) is 16.5. The summed E-state index contributed by atoms with van der Waals surface area (Å²) in [5.74, 6) is 3.39. The largest absolute Gasteiger partial charge is 0.463 e. The van der Waals surface area contributed by atoms with Crippen molar-refractivity contribution in [3.8, 4) is 0 Å². The molecule has 0 heterocycles. The molecule has 2 heteroatoms. The molecule has 0 amide bonds. The van der Waals surface area contributed by atoms with Crippen molar-refractivity contribution < 1.29 is 9.53 Å². The number of ether oxygens (including phenoxy) is 1. The van der Waals surface area contributed by atoms with Crippen LogP contribution in [0.3, 0.4) is 0 Å². The second-order valence-electron chi connectivity index (χ2n) is 7.77. The van der Waals surface area contributed by atoms with Gasteiger partial charge in [-0.15, -0.1) is 0 Å². The van der Waals surface area contributed by atoms with Gasteiger partial charge in [0.2, 0.25) is 0 Å². The Morgan fingerprint density at radius 1 is 0.913 bits per heavy atom. The summed E-state index contributed by atoms with van der Waals surface area (Å²) >= 11 is 0. The van der Waals surface area contributed by atoms with E-state index in [4.69, 9.17) is 4.74 Å². The smallest absolute Gasteiger partial charge is 0.330 e. The lowest BCUT2D eigenvalue weighted by atomic mass is 9.69. The molecule has 0 aromatic carbocycles. The molecule has 0 aromatic heterocycles. The minimum atomic E-state index is -0.164. The van der Waals surface area contributed by atoms with Gasteiger partial charge in [-0.3, -0.25) is 0 Å². The van der Waals surface area contributed by atoms with E-state index in [2.05, 4.69) is 13.0 Å². The van der Waals surface area contributed by atoms with E-state index in [9.17, 15) is 4.79 Å². The fraction of sp³-hybridized carbons (Fsp3) is 0.857. The maximum atomic E-state index is 11.5. The average Bonchev–Trinajstić information content (AvgIpc) is 2.59. The van der Waals surface area contributed by atoms with E-state index < -0.39 is 0 Å². The molecule has 0 bridgehead atoms. The summed E-state index contributed by atoms with van der Waals surface area (Å²) in [4.78, 5) is 11.5. The SMILES string of the molecule is CCCOC(=O)C=C[C@H]1CC[C@H]([C@H]2CC[C@H](CCC)CC2)CC1. The number of carbonyl (C=O) groups excluding carboxylic acids is 1. The Balaban J connectivity index is 1.66. The molecule has 0 aliphatic heterocycles. The van der Waals surface area contributed by atoms with Crippen molar-refractivity contribution in [1.29, 1.82) is 0 Å². The molecule has 2 saturated carbocycles. The van der Waals surface area contributed by atoms with Crippen LogP contribution in [0.15, 0.2) is 12.2 Å². The molecule has 2 nitrogen and oxygen atoms in total. The maximum Gasteiger partial charge on any atom is 0.330 e. The van der Waals surface area contributed by atoms with Crippen molar-refractivity contribution in [3.63, 3.8) is 0 Å². The Morgan fingerprint density at radius 3 is 2.09 bits per heavy atom. The van der Waals surface area contributed by atoms with Crippen LogP contribution in [-0.2, 0) is 9.53 Å². The van der Waals surface area contributed by atoms with E-state index in [-0.39, 0.29) is 5.97 Å². The number of hydrogen-bond donors (Lipinski definition) is 0. The van der Waals surface area contributed by atoms with Gasteiger partial charge in [0.15, 0.2) is 0 Å². The number of hydrogen-bond acceptors (Lipinski definition) is 2. The van der Waals surface area contributed by atoms with Crippen molar-refractivity contribution in [2.75, 3.05) is 6.61 Å². The van der Waals surface area contributed by atoms with Gasteiger partial charge < -0.3 is 4.74 Å². The molecule has 2 aliphatic carbocycles. The van der Waals surface area contributed by atoms with Gasteiger partial charge >= 0.3 is 5.97 Å². The minimum Gasteiger partial charge on any atom is -0.463 e. The van der Waals surface area contributed by atoms with E-state index >= 15 is 0 Å². The van der Waals surface area contributed by atoms with Crippen LogP contribution in [0.5, 0.6) is 0 Å². The van der Waals surface area contributed by atoms with Crippen LogP contribution in [0, 0.1) is 23.7 Å². The molecule has 0 unspecified atom stereocenters. The van der Waals surface area contributed by atoms with Crippen LogP contribution < -0.4 is 0 Å². The predicted octanol–water partition coefficient (Wildman–Crippen LogP) is 5.91. The normalized spacial score (nSPS) is 32.1. The van der Waals surface area contributed by atoms with Crippen LogP contribution >= 0.6 is 0 Å². The zero-order valence-electron chi connectivity index (χ0n) is 15.3. The van der Waals surface area contributed by atoms with Gasteiger partial charge in [-0.25, -0.2) is 4.79 Å². The molecule has 2 aliphatic rings. The fourth-order valence-corrected chi connectivity index (χ4v) is 4.63. The van der Waals surface area contributed by atoms with Crippen LogP contribution in [0.4, 0.5) is 0 Å². The number of allylic oxidation sites excluding steroid dienone is 1. The summed E-state index contributed by atoms with van der Waals surface area (Å²) in [6.07, 6.45) is 18.6. The maximum absolute atomic E-state index is 11.5. The van der Waals surface area contributed by atoms with Gasteiger partial charge in [0, 0.05) is 6.08 Å². The lowest BCUT2D eigenvalue weighted by molar-refractivity contribution is -0.137. The van der Waals surface area contributed by atoms with E-state index in [0.29, 0.717) is 12.5 Å². The lowest BCUT2D eigenvalue weighted by Crippen LogP contribution is -2.25. The molecular formula is C21H36O2. The Labute approximate surface area is 143 Å². The molecule has 0 saturated heterocycles. The predicted molar refractivity (Wildman–Crippen MR) is 96.2 cm³/mol. The van der Waals surface area contributed by atoms with E-state index in [1.165, 1.54) is 64.2 Å². The van der Waals surface area contributed by atoms with Crippen LogP contribution in [0.25, 0.3) is 0 Å². The third-order valence-electron chi connectivity index (χ3n) is 6.02. The highest BCUT2D eigenvalue weighted by Crippen LogP contribution is 2.42. The van der Waals surface area contributed by atoms with Gasteiger partial charge in [-0.1, -0.05) is 45.6 Å². The van der Waals surface area contributed by atoms with Crippen LogP contribution in [0.1, 0.15) is 84.5 Å². The van der Waals surface area contributed by atoms with E-state index in [1.807, 2.05) is 6.92 Å². The Bertz CT molecular complexity index is 358. The first-order valence-electron chi connectivity index (χ1n) is 10.1. The Hall–Kier alpha value is -0.790. The fourth-order valence-electron chi connectivity index (χ4n) is 4.63. The number of carbonyl (C=O) groups is 1. The monoisotopic (exact) mass is 320 g/mol. The van der Waals surface area contributed by atoms with Crippen molar-refractivity contribution in [1.82, 2.24) is 0 Å². The van der Waals surface area contributed by atoms with E-state index in [1.54, 1.807) is 6.08 Å². The summed E-state index contributed by atoms with van der Waals surface area (Å²) < 4.78 is 5.10. The third kappa shape index (κ3) is 6.31. The second kappa shape index (κ2) is 10.2. The molecule has 132 valence electrons. The number of esters is 1. The van der Waals surface area contributed by atoms with Crippen molar-refractivity contribution in [2.45, 2.75) is 84.5 Å². The Morgan fingerprint density at radius 2 is 1.52 bits per heavy atom. The first kappa shape index (κ1) is 18.5. The molecule has 2 fully saturated rings. The highest BCUT2D eigenvalue weighted by atomic mass is 16.5. The topological polar surface area (TPSA) is 26.3 Å². The van der Waals surface area contributed by atoms with Gasteiger partial charge in [0.1, 0.15) is 0 Å². The standard InChI is InChI=1S/C21H36O2/c1-3-5-17-6-11-19(12-7-17)20-13-8-18(9-14-20)10-15-21(22)23-16-4-2/h10,15,17-20H,3-9,11-14,16H2,1-2H3/t17-,18-,19-,20-. The van der Waals surface area contributed by atoms with Gasteiger partial charge in [0.05, 0.1) is 6.61 Å². The van der Waals surface area contributed by atoms with Crippen LogP contribution in [-0.4, -0.2) is 12.6 Å². The van der Waals surface area contributed by atoms with Gasteiger partial charge in [0.25, 0.3) is 0 Å². The molecule has 0 radical (unpaired) electrons. The molecule has 23 heavy (non-hydrogen) atoms. The lowest BCUT2D eigenvalue weighted by Gasteiger charge is -2.37. The second-order valence-corrected chi connectivity index (χ2v) is 7.77. The van der Waals surface area contributed by atoms with E-state index in [0.717, 1.165) is 24.2 Å². The quantitative estimate of drug-likeness (QED) is 0.430. The van der Waals surface area contributed by atoms with Crippen molar-refractivity contribution in [3.05, 3.63) is 12.2 Å². The number of rotatable bonds is 7. The third-order valence-corrected chi connectivity index (χ3v) is 6.02. The summed E-state index contributed by atoms with van der Waals surface area (Å²) in [5, 5.41) is 0. The molecule has 0 atom stereocenters. The molecule has 0 aromatic rings. The first-order valence-corrected chi connectivity index (χ1v) is 10.1. The Kier molecular flexibility index (Phi) is 8.19. The summed E-state index contributed by atoms with van der Waals surface area (Å²) in [6.45, 7) is 4.88. The van der Waals surface area contributed by atoms with Crippen LogP contribution in [0.2, 0.25) is 0 Å². The first-order chi connectivity index (χ1) is 11.2. The molecule has 0 spiro atoms. The van der Waals surface area contributed by atoms with Crippen molar-refractivity contribution in [2.24, 2.45) is 23.7 Å². The molecule has 2 rings (SSSR count). The average molecular weight is 321 g/mol. The van der Waals surface area contributed by atoms with Gasteiger partial charge in [-0.05, 0) is 68.6 Å². The molecular weight excluding hydrogens is 284 g/mol. The summed E-state index contributed by atoms with van der Waals surface area (Å²) in [7, 11) is 0. The highest BCUT2D eigenvalue weighted by Gasteiger charge is 2.30. The van der Waals surface area contributed by atoms with Gasteiger partial charge in [-0.2, -0.15) is 0 Å². The zero-order valence-corrected chi connectivity index (χ0v) is 15.3.